The van der Waals surface area contributed by atoms with E-state index < -0.39 is 17.7 Å². The summed E-state index contributed by atoms with van der Waals surface area (Å²) in [6, 6.07) is 2.99. The third-order valence-electron chi connectivity index (χ3n) is 2.01. The Labute approximate surface area is 100 Å². The first-order valence-corrected chi connectivity index (χ1v) is 5.45. The van der Waals surface area contributed by atoms with Crippen LogP contribution in [0.3, 0.4) is 0 Å². The molecule has 0 aliphatic rings. The number of hydrogen-bond acceptors (Lipinski definition) is 1. The molecule has 0 bridgehead atoms. The van der Waals surface area contributed by atoms with E-state index in [-0.39, 0.29) is 9.50 Å². The van der Waals surface area contributed by atoms with Crippen molar-refractivity contribution < 1.29 is 14.3 Å². The lowest BCUT2D eigenvalue weighted by Crippen LogP contribution is -2.12. The second-order valence-corrected chi connectivity index (χ2v) is 4.58. The van der Waals surface area contributed by atoms with Crippen molar-refractivity contribution in [2.24, 2.45) is 5.92 Å². The van der Waals surface area contributed by atoms with E-state index in [1.54, 1.807) is 13.0 Å². The van der Waals surface area contributed by atoms with E-state index in [1.807, 2.05) is 0 Å². The summed E-state index contributed by atoms with van der Waals surface area (Å²) in [5.74, 6) is -1.92. The van der Waals surface area contributed by atoms with Gasteiger partial charge in [-0.25, -0.2) is 4.39 Å². The number of carboxylic acid groups (broad SMARTS) is 1. The lowest BCUT2D eigenvalue weighted by Gasteiger charge is -2.07. The first-order chi connectivity index (χ1) is 6.91. The van der Waals surface area contributed by atoms with Gasteiger partial charge in [0.2, 0.25) is 0 Å². The molecular formula is C10H9BrClFO2. The fraction of sp³-hybridized carbons (Fsp3) is 0.300. The van der Waals surface area contributed by atoms with Gasteiger partial charge >= 0.3 is 5.97 Å². The van der Waals surface area contributed by atoms with Crippen molar-refractivity contribution in [3.8, 4) is 0 Å². The van der Waals surface area contributed by atoms with Gasteiger partial charge in [0.1, 0.15) is 0 Å². The topological polar surface area (TPSA) is 37.3 Å². The number of benzene rings is 1. The molecule has 1 aromatic rings. The van der Waals surface area contributed by atoms with Crippen molar-refractivity contribution in [2.75, 3.05) is 0 Å². The summed E-state index contributed by atoms with van der Waals surface area (Å²) in [7, 11) is 0. The fourth-order valence-electron chi connectivity index (χ4n) is 1.17. The Morgan fingerprint density at radius 3 is 2.73 bits per heavy atom. The summed E-state index contributed by atoms with van der Waals surface area (Å²) in [5, 5.41) is 8.71. The maximum absolute atomic E-state index is 13.1. The standard InChI is InChI=1S/C10H9BrClFO2/c1-5(10(14)15)2-6-3-7(11)9(13)8(12)4-6/h3-5H,2H2,1H3,(H,14,15). The van der Waals surface area contributed by atoms with Gasteiger partial charge < -0.3 is 5.11 Å². The molecule has 0 aliphatic carbocycles. The molecule has 1 aromatic carbocycles. The van der Waals surface area contributed by atoms with Crippen molar-refractivity contribution in [3.63, 3.8) is 0 Å². The third kappa shape index (κ3) is 3.18. The monoisotopic (exact) mass is 294 g/mol. The van der Waals surface area contributed by atoms with Crippen LogP contribution in [0.5, 0.6) is 0 Å². The number of carboxylic acids is 1. The molecule has 5 heteroatoms. The zero-order valence-corrected chi connectivity index (χ0v) is 10.3. The SMILES string of the molecule is CC(Cc1cc(Cl)c(F)c(Br)c1)C(=O)O. The Morgan fingerprint density at radius 2 is 2.27 bits per heavy atom. The van der Waals surface area contributed by atoms with E-state index in [2.05, 4.69) is 15.9 Å². The molecular weight excluding hydrogens is 286 g/mol. The molecule has 0 fully saturated rings. The molecule has 0 spiro atoms. The van der Waals surface area contributed by atoms with Crippen LogP contribution in [0.2, 0.25) is 5.02 Å². The van der Waals surface area contributed by atoms with Crippen molar-refractivity contribution >= 4 is 33.5 Å². The lowest BCUT2D eigenvalue weighted by atomic mass is 10.0. The second kappa shape index (κ2) is 4.94. The van der Waals surface area contributed by atoms with E-state index in [1.165, 1.54) is 6.07 Å². The lowest BCUT2D eigenvalue weighted by molar-refractivity contribution is -0.141. The van der Waals surface area contributed by atoms with Gasteiger partial charge in [0.05, 0.1) is 15.4 Å². The smallest absolute Gasteiger partial charge is 0.306 e. The Morgan fingerprint density at radius 1 is 1.67 bits per heavy atom. The first kappa shape index (κ1) is 12.5. The van der Waals surface area contributed by atoms with Gasteiger partial charge in [-0.05, 0) is 40.0 Å². The molecule has 1 unspecified atom stereocenters. The molecule has 0 amide bonds. The predicted molar refractivity (Wildman–Crippen MR) is 59.6 cm³/mol. The van der Waals surface area contributed by atoms with Crippen LogP contribution in [0.15, 0.2) is 16.6 Å². The highest BCUT2D eigenvalue weighted by Crippen LogP contribution is 2.26. The predicted octanol–water partition coefficient (Wildman–Crippen LogP) is 3.50. The van der Waals surface area contributed by atoms with Crippen LogP contribution in [0.25, 0.3) is 0 Å². The van der Waals surface area contributed by atoms with Crippen LogP contribution in [-0.4, -0.2) is 11.1 Å². The quantitative estimate of drug-likeness (QED) is 0.867. The molecule has 0 aromatic heterocycles. The van der Waals surface area contributed by atoms with Crippen molar-refractivity contribution in [1.82, 2.24) is 0 Å². The van der Waals surface area contributed by atoms with Crippen LogP contribution in [0.4, 0.5) is 4.39 Å². The van der Waals surface area contributed by atoms with Crippen molar-refractivity contribution in [3.05, 3.63) is 33.0 Å². The summed E-state index contributed by atoms with van der Waals surface area (Å²) in [6.45, 7) is 1.59. The molecule has 15 heavy (non-hydrogen) atoms. The summed E-state index contributed by atoms with van der Waals surface area (Å²) >= 11 is 8.65. The van der Waals surface area contributed by atoms with Gasteiger partial charge in [-0.3, -0.25) is 4.79 Å². The van der Waals surface area contributed by atoms with Gasteiger partial charge in [0.25, 0.3) is 0 Å². The van der Waals surface area contributed by atoms with E-state index in [0.29, 0.717) is 12.0 Å². The molecule has 1 atom stereocenters. The summed E-state index contributed by atoms with van der Waals surface area (Å²) in [4.78, 5) is 10.6. The molecule has 1 rings (SSSR count). The van der Waals surface area contributed by atoms with Gasteiger partial charge in [-0.2, -0.15) is 0 Å². The van der Waals surface area contributed by atoms with Crippen molar-refractivity contribution in [2.45, 2.75) is 13.3 Å². The fourth-order valence-corrected chi connectivity index (χ4v) is 2.03. The maximum atomic E-state index is 13.1. The minimum atomic E-state index is -0.883. The highest BCUT2D eigenvalue weighted by atomic mass is 79.9. The first-order valence-electron chi connectivity index (χ1n) is 4.28. The second-order valence-electron chi connectivity index (χ2n) is 3.32. The largest absolute Gasteiger partial charge is 0.481 e. The number of aliphatic carboxylic acids is 1. The molecule has 0 saturated carbocycles. The molecule has 0 saturated heterocycles. The molecule has 0 heterocycles. The Bertz CT molecular complexity index is 372. The number of halogens is 3. The summed E-state index contributed by atoms with van der Waals surface area (Å²) in [5.41, 5.74) is 0.697. The van der Waals surface area contributed by atoms with Crippen LogP contribution < -0.4 is 0 Å². The molecule has 0 radical (unpaired) electrons. The van der Waals surface area contributed by atoms with E-state index in [4.69, 9.17) is 16.7 Å². The molecule has 82 valence electrons. The number of hydrogen-bond donors (Lipinski definition) is 1. The van der Waals surface area contributed by atoms with Crippen LogP contribution in [-0.2, 0) is 11.2 Å². The molecule has 2 nitrogen and oxygen atoms in total. The van der Waals surface area contributed by atoms with Gasteiger partial charge in [0.15, 0.2) is 5.82 Å². The minimum absolute atomic E-state index is 0.00281. The van der Waals surface area contributed by atoms with Gasteiger partial charge in [0, 0.05) is 0 Å². The van der Waals surface area contributed by atoms with E-state index in [0.717, 1.165) is 0 Å². The highest BCUT2D eigenvalue weighted by molar-refractivity contribution is 9.10. The Kier molecular flexibility index (Phi) is 4.11. The zero-order chi connectivity index (χ0) is 11.6. The maximum Gasteiger partial charge on any atom is 0.306 e. The highest BCUT2D eigenvalue weighted by Gasteiger charge is 2.14. The number of carbonyl (C=O) groups is 1. The van der Waals surface area contributed by atoms with Crippen LogP contribution >= 0.6 is 27.5 Å². The van der Waals surface area contributed by atoms with Gasteiger partial charge in [-0.1, -0.05) is 18.5 Å². The summed E-state index contributed by atoms with van der Waals surface area (Å²) in [6.07, 6.45) is 0.327. The normalized spacial score (nSPS) is 12.5. The third-order valence-corrected chi connectivity index (χ3v) is 2.86. The minimum Gasteiger partial charge on any atom is -0.481 e. The van der Waals surface area contributed by atoms with Crippen molar-refractivity contribution in [1.29, 1.82) is 0 Å². The molecule has 1 N–H and O–H groups in total. The average molecular weight is 296 g/mol. The average Bonchev–Trinajstić information content (AvgIpc) is 2.13. The number of rotatable bonds is 3. The Hall–Kier alpha value is -0.610. The Balaban J connectivity index is 2.92. The summed E-state index contributed by atoms with van der Waals surface area (Å²) < 4.78 is 13.4. The van der Waals surface area contributed by atoms with E-state index >= 15 is 0 Å². The van der Waals surface area contributed by atoms with Gasteiger partial charge in [-0.15, -0.1) is 0 Å². The molecule has 0 aliphatic heterocycles. The van der Waals surface area contributed by atoms with Crippen LogP contribution in [0.1, 0.15) is 12.5 Å². The zero-order valence-electron chi connectivity index (χ0n) is 7.93. The van der Waals surface area contributed by atoms with Crippen LogP contribution in [0, 0.1) is 11.7 Å². The van der Waals surface area contributed by atoms with E-state index in [9.17, 15) is 9.18 Å².